The number of halogens is 1. The first-order valence-electron chi connectivity index (χ1n) is 6.63. The number of likely N-dealkylation sites (tertiary alicyclic amines) is 1. The third-order valence-corrected chi connectivity index (χ3v) is 3.85. The molecule has 1 aliphatic rings. The van der Waals surface area contributed by atoms with Gasteiger partial charge in [0.1, 0.15) is 0 Å². The van der Waals surface area contributed by atoms with E-state index < -0.39 is 24.0 Å². The standard InChI is InChI=1S/C14H17ClN2O4/c15-9-4-1-3-8(7-9)10-5-2-6-17(10)14(21)12(19)11(18)13(16)20/h1,3-4,7,10-12,18-19H,2,5-6H2,(H2,16,20)/t10-,11?,12-/m1/s1. The first-order chi connectivity index (χ1) is 9.91. The first kappa shape index (κ1) is 15.8. The molecule has 7 heteroatoms. The molecule has 1 saturated heterocycles. The Bertz CT molecular complexity index is 552. The maximum Gasteiger partial charge on any atom is 0.255 e. The molecule has 114 valence electrons. The number of carbonyl (C=O) groups is 2. The second-order valence-corrected chi connectivity index (χ2v) is 5.47. The van der Waals surface area contributed by atoms with E-state index in [1.807, 2.05) is 6.07 Å². The lowest BCUT2D eigenvalue weighted by molar-refractivity contribution is -0.152. The van der Waals surface area contributed by atoms with Crippen molar-refractivity contribution in [3.05, 3.63) is 34.9 Å². The average molecular weight is 313 g/mol. The van der Waals surface area contributed by atoms with Crippen molar-refractivity contribution in [2.75, 3.05) is 6.54 Å². The normalized spacial score (nSPS) is 21.1. The number of nitrogens with two attached hydrogens (primary N) is 1. The van der Waals surface area contributed by atoms with Crippen LogP contribution in [0.1, 0.15) is 24.4 Å². The van der Waals surface area contributed by atoms with E-state index in [2.05, 4.69) is 0 Å². The van der Waals surface area contributed by atoms with Gasteiger partial charge in [0.05, 0.1) is 6.04 Å². The van der Waals surface area contributed by atoms with Crippen LogP contribution in [0, 0.1) is 0 Å². The van der Waals surface area contributed by atoms with E-state index in [4.69, 9.17) is 17.3 Å². The van der Waals surface area contributed by atoms with Crippen LogP contribution in [-0.2, 0) is 9.59 Å². The Morgan fingerprint density at radius 1 is 1.33 bits per heavy atom. The maximum atomic E-state index is 12.2. The van der Waals surface area contributed by atoms with Crippen molar-refractivity contribution in [1.82, 2.24) is 4.90 Å². The molecule has 0 spiro atoms. The van der Waals surface area contributed by atoms with Crippen molar-refractivity contribution in [2.24, 2.45) is 5.73 Å². The first-order valence-corrected chi connectivity index (χ1v) is 7.01. The van der Waals surface area contributed by atoms with Gasteiger partial charge in [-0.05, 0) is 30.5 Å². The summed E-state index contributed by atoms with van der Waals surface area (Å²) in [5.41, 5.74) is 5.76. The molecule has 2 amide bonds. The summed E-state index contributed by atoms with van der Waals surface area (Å²) in [6.45, 7) is 0.443. The SMILES string of the molecule is NC(=O)C(O)[C@@H](O)C(=O)N1CCC[C@@H]1c1cccc(Cl)c1. The Morgan fingerprint density at radius 2 is 2.05 bits per heavy atom. The summed E-state index contributed by atoms with van der Waals surface area (Å²) in [7, 11) is 0. The van der Waals surface area contributed by atoms with Crippen molar-refractivity contribution in [3.8, 4) is 0 Å². The van der Waals surface area contributed by atoms with E-state index in [1.54, 1.807) is 18.2 Å². The van der Waals surface area contributed by atoms with E-state index >= 15 is 0 Å². The number of hydrogen-bond donors (Lipinski definition) is 3. The second kappa shape index (κ2) is 6.43. The number of rotatable bonds is 4. The lowest BCUT2D eigenvalue weighted by Crippen LogP contribution is -2.49. The number of carbonyl (C=O) groups excluding carboxylic acids is 2. The lowest BCUT2D eigenvalue weighted by Gasteiger charge is -2.28. The number of benzene rings is 1. The van der Waals surface area contributed by atoms with Gasteiger partial charge in [-0.2, -0.15) is 0 Å². The molecule has 0 saturated carbocycles. The number of aliphatic hydroxyl groups excluding tert-OH is 2. The molecule has 1 aromatic carbocycles. The molecule has 4 N–H and O–H groups in total. The van der Waals surface area contributed by atoms with Crippen molar-refractivity contribution >= 4 is 23.4 Å². The summed E-state index contributed by atoms with van der Waals surface area (Å²) in [6.07, 6.45) is -2.26. The lowest BCUT2D eigenvalue weighted by atomic mass is 10.0. The van der Waals surface area contributed by atoms with Crippen molar-refractivity contribution in [3.63, 3.8) is 0 Å². The van der Waals surface area contributed by atoms with Crippen molar-refractivity contribution in [2.45, 2.75) is 31.1 Å². The Hall–Kier alpha value is -1.63. The Morgan fingerprint density at radius 3 is 2.67 bits per heavy atom. The van der Waals surface area contributed by atoms with E-state index in [0.717, 1.165) is 18.4 Å². The molecule has 1 heterocycles. The second-order valence-electron chi connectivity index (χ2n) is 5.04. The molecule has 1 aliphatic heterocycles. The highest BCUT2D eigenvalue weighted by molar-refractivity contribution is 6.30. The molecule has 1 aromatic rings. The minimum Gasteiger partial charge on any atom is -0.380 e. The summed E-state index contributed by atoms with van der Waals surface area (Å²) in [4.78, 5) is 24.6. The van der Waals surface area contributed by atoms with Gasteiger partial charge >= 0.3 is 0 Å². The van der Waals surface area contributed by atoms with Gasteiger partial charge in [-0.25, -0.2) is 0 Å². The molecule has 21 heavy (non-hydrogen) atoms. The van der Waals surface area contributed by atoms with Crippen molar-refractivity contribution in [1.29, 1.82) is 0 Å². The van der Waals surface area contributed by atoms with Crippen LogP contribution >= 0.6 is 11.6 Å². The molecule has 0 aromatic heterocycles. The highest BCUT2D eigenvalue weighted by Crippen LogP contribution is 2.33. The third-order valence-electron chi connectivity index (χ3n) is 3.61. The molecule has 6 nitrogen and oxygen atoms in total. The van der Waals surface area contributed by atoms with Gasteiger partial charge in [0.2, 0.25) is 5.91 Å². The molecule has 2 rings (SSSR count). The number of nitrogens with zero attached hydrogens (tertiary/aromatic N) is 1. The quantitative estimate of drug-likeness (QED) is 0.739. The largest absolute Gasteiger partial charge is 0.380 e. The number of primary amides is 1. The number of hydrogen-bond acceptors (Lipinski definition) is 4. The minimum atomic E-state index is -1.90. The zero-order valence-corrected chi connectivity index (χ0v) is 12.0. The van der Waals surface area contributed by atoms with Gasteiger partial charge in [-0.1, -0.05) is 23.7 Å². The van der Waals surface area contributed by atoms with E-state index in [9.17, 15) is 19.8 Å². The van der Waals surface area contributed by atoms with Gasteiger partial charge in [0, 0.05) is 11.6 Å². The summed E-state index contributed by atoms with van der Waals surface area (Å²) in [6, 6.07) is 6.89. The predicted octanol–water partition coefficient (Wildman–Crippen LogP) is 0.211. The van der Waals surface area contributed by atoms with Crippen LogP contribution < -0.4 is 5.73 Å². The van der Waals surface area contributed by atoms with Gasteiger partial charge in [0.25, 0.3) is 5.91 Å². The molecule has 0 bridgehead atoms. The number of amides is 2. The van der Waals surface area contributed by atoms with Gasteiger partial charge in [-0.15, -0.1) is 0 Å². The maximum absolute atomic E-state index is 12.2. The fraction of sp³-hybridized carbons (Fsp3) is 0.429. The highest BCUT2D eigenvalue weighted by atomic mass is 35.5. The predicted molar refractivity (Wildman–Crippen MR) is 76.3 cm³/mol. The van der Waals surface area contributed by atoms with Crippen LogP contribution in [0.4, 0.5) is 0 Å². The highest BCUT2D eigenvalue weighted by Gasteiger charge is 2.37. The van der Waals surface area contributed by atoms with E-state index in [-0.39, 0.29) is 6.04 Å². The van der Waals surface area contributed by atoms with Crippen LogP contribution in [-0.4, -0.2) is 45.7 Å². The summed E-state index contributed by atoms with van der Waals surface area (Å²) < 4.78 is 0. The Labute approximate surface area is 127 Å². The van der Waals surface area contributed by atoms with Gasteiger partial charge in [-0.3, -0.25) is 9.59 Å². The summed E-state index contributed by atoms with van der Waals surface area (Å²) in [5, 5.41) is 19.8. The van der Waals surface area contributed by atoms with Crippen molar-refractivity contribution < 1.29 is 19.8 Å². The topological polar surface area (TPSA) is 104 Å². The van der Waals surface area contributed by atoms with Gasteiger partial charge < -0.3 is 20.8 Å². The zero-order valence-electron chi connectivity index (χ0n) is 11.3. The smallest absolute Gasteiger partial charge is 0.255 e. The third kappa shape index (κ3) is 3.34. The van der Waals surface area contributed by atoms with Crippen LogP contribution in [0.3, 0.4) is 0 Å². The zero-order chi connectivity index (χ0) is 15.6. The minimum absolute atomic E-state index is 0.231. The van der Waals surface area contributed by atoms with Crippen LogP contribution in [0.15, 0.2) is 24.3 Å². The Kier molecular flexibility index (Phi) is 4.82. The fourth-order valence-electron chi connectivity index (χ4n) is 2.55. The molecular weight excluding hydrogens is 296 g/mol. The molecule has 3 atom stereocenters. The molecular formula is C14H17ClN2O4. The molecule has 1 unspecified atom stereocenters. The summed E-state index contributed by atoms with van der Waals surface area (Å²) in [5.74, 6) is -1.84. The molecule has 1 fully saturated rings. The van der Waals surface area contributed by atoms with Crippen LogP contribution in [0.5, 0.6) is 0 Å². The summed E-state index contributed by atoms with van der Waals surface area (Å²) >= 11 is 5.95. The van der Waals surface area contributed by atoms with E-state index in [1.165, 1.54) is 4.90 Å². The monoisotopic (exact) mass is 312 g/mol. The van der Waals surface area contributed by atoms with Crippen LogP contribution in [0.25, 0.3) is 0 Å². The number of aliphatic hydroxyl groups is 2. The molecule has 0 aliphatic carbocycles. The van der Waals surface area contributed by atoms with Crippen LogP contribution in [0.2, 0.25) is 5.02 Å². The van der Waals surface area contributed by atoms with E-state index in [0.29, 0.717) is 11.6 Å². The molecule has 0 radical (unpaired) electrons. The average Bonchev–Trinajstić information content (AvgIpc) is 2.94. The van der Waals surface area contributed by atoms with Gasteiger partial charge in [0.15, 0.2) is 12.2 Å². The fourth-order valence-corrected chi connectivity index (χ4v) is 2.75. The Balaban J connectivity index is 2.18.